The lowest BCUT2D eigenvalue weighted by molar-refractivity contribution is -0.118. The second kappa shape index (κ2) is 11.5. The summed E-state index contributed by atoms with van der Waals surface area (Å²) in [6.07, 6.45) is 5.01. The molecule has 0 aliphatic heterocycles. The number of nitrogens with one attached hydrogen (secondary N) is 1. The molecule has 3 aromatic carbocycles. The van der Waals surface area contributed by atoms with E-state index >= 15 is 0 Å². The predicted molar refractivity (Wildman–Crippen MR) is 142 cm³/mol. The summed E-state index contributed by atoms with van der Waals surface area (Å²) in [4.78, 5) is 30.2. The van der Waals surface area contributed by atoms with Gasteiger partial charge < -0.3 is 4.74 Å². The van der Waals surface area contributed by atoms with Crippen LogP contribution in [-0.4, -0.2) is 34.5 Å². The van der Waals surface area contributed by atoms with Gasteiger partial charge in [0.1, 0.15) is 5.75 Å². The Morgan fingerprint density at radius 2 is 1.86 bits per heavy atom. The second-order valence-corrected chi connectivity index (χ2v) is 8.61. The van der Waals surface area contributed by atoms with Gasteiger partial charge in [-0.25, -0.2) is 10.4 Å². The minimum Gasteiger partial charge on any atom is -0.496 e. The number of aromatic nitrogens is 2. The van der Waals surface area contributed by atoms with Crippen molar-refractivity contribution in [2.45, 2.75) is 5.16 Å². The van der Waals surface area contributed by atoms with E-state index < -0.39 is 0 Å². The average molecular weight is 505 g/mol. The Bertz CT molecular complexity index is 1470. The molecule has 0 radical (unpaired) electrons. The lowest BCUT2D eigenvalue weighted by Crippen LogP contribution is -2.24. The number of allylic oxidation sites excluding steroid dienone is 1. The number of rotatable bonds is 8. The predicted octanol–water partition coefficient (Wildman–Crippen LogP) is 4.96. The molecule has 0 spiro atoms. The first-order valence-electron chi connectivity index (χ1n) is 10.6. The van der Waals surface area contributed by atoms with Gasteiger partial charge in [0.15, 0.2) is 5.16 Å². The van der Waals surface area contributed by atoms with E-state index in [4.69, 9.17) is 16.3 Å². The zero-order valence-electron chi connectivity index (χ0n) is 18.7. The van der Waals surface area contributed by atoms with Gasteiger partial charge in [-0.05, 0) is 54.6 Å². The van der Waals surface area contributed by atoms with Crippen molar-refractivity contribution >= 4 is 52.5 Å². The van der Waals surface area contributed by atoms with E-state index in [1.807, 2.05) is 36.4 Å². The van der Waals surface area contributed by atoms with Crippen LogP contribution in [0, 0.1) is 0 Å². The highest BCUT2D eigenvalue weighted by atomic mass is 35.5. The Balaban J connectivity index is 1.47. The maximum Gasteiger partial charge on any atom is 0.266 e. The molecule has 0 fully saturated rings. The molecule has 1 aromatic heterocycles. The maximum absolute atomic E-state index is 13.2. The molecule has 9 heteroatoms. The summed E-state index contributed by atoms with van der Waals surface area (Å²) in [7, 11) is 1.61. The van der Waals surface area contributed by atoms with Gasteiger partial charge in [0.05, 0.1) is 29.5 Å². The minimum absolute atomic E-state index is 0.0198. The molecule has 1 N–H and O–H groups in total. The van der Waals surface area contributed by atoms with E-state index in [0.29, 0.717) is 26.8 Å². The highest BCUT2D eigenvalue weighted by Crippen LogP contribution is 2.22. The Labute approximate surface area is 211 Å². The molecule has 1 amide bonds. The van der Waals surface area contributed by atoms with Crippen molar-refractivity contribution in [3.63, 3.8) is 0 Å². The van der Waals surface area contributed by atoms with E-state index in [1.54, 1.807) is 55.7 Å². The fraction of sp³-hybridized carbons (Fsp3) is 0.0769. The number of methoxy groups -OCH3 is 1. The molecule has 0 atom stereocenters. The molecule has 0 bridgehead atoms. The van der Waals surface area contributed by atoms with Gasteiger partial charge in [0, 0.05) is 16.8 Å². The Morgan fingerprint density at radius 3 is 2.66 bits per heavy atom. The number of hydrazone groups is 1. The van der Waals surface area contributed by atoms with E-state index in [9.17, 15) is 9.59 Å². The quantitative estimate of drug-likeness (QED) is 0.159. The van der Waals surface area contributed by atoms with Gasteiger partial charge in [-0.1, -0.05) is 53.7 Å². The van der Waals surface area contributed by atoms with Crippen molar-refractivity contribution in [1.82, 2.24) is 15.0 Å². The second-order valence-electron chi connectivity index (χ2n) is 7.23. The van der Waals surface area contributed by atoms with Gasteiger partial charge in [-0.15, -0.1) is 0 Å². The van der Waals surface area contributed by atoms with Crippen LogP contribution < -0.4 is 15.7 Å². The summed E-state index contributed by atoms with van der Waals surface area (Å²) < 4.78 is 6.77. The van der Waals surface area contributed by atoms with Crippen LogP contribution in [-0.2, 0) is 4.79 Å². The van der Waals surface area contributed by atoms with Crippen molar-refractivity contribution in [1.29, 1.82) is 0 Å². The van der Waals surface area contributed by atoms with Crippen LogP contribution in [0.3, 0.4) is 0 Å². The van der Waals surface area contributed by atoms with Crippen LogP contribution in [0.1, 0.15) is 5.56 Å². The highest BCUT2D eigenvalue weighted by molar-refractivity contribution is 7.99. The first-order valence-corrected chi connectivity index (χ1v) is 12.0. The van der Waals surface area contributed by atoms with Gasteiger partial charge in [-0.2, -0.15) is 5.10 Å². The largest absolute Gasteiger partial charge is 0.496 e. The molecular formula is C26H21ClN4O3S. The molecule has 176 valence electrons. The van der Waals surface area contributed by atoms with E-state index in [2.05, 4.69) is 15.5 Å². The number of carbonyl (C=O) groups excluding carboxylic acids is 1. The summed E-state index contributed by atoms with van der Waals surface area (Å²) in [5.41, 5.74) is 4.32. The molecule has 4 rings (SSSR count). The number of hydrogen-bond donors (Lipinski definition) is 1. The topological polar surface area (TPSA) is 85.6 Å². The first-order chi connectivity index (χ1) is 17.1. The van der Waals surface area contributed by atoms with Gasteiger partial charge in [0.25, 0.3) is 11.5 Å². The number of nitrogens with zero attached hydrogens (tertiary/aromatic N) is 3. The molecule has 0 unspecified atom stereocenters. The first kappa shape index (κ1) is 24.3. The highest BCUT2D eigenvalue weighted by Gasteiger charge is 2.14. The summed E-state index contributed by atoms with van der Waals surface area (Å²) >= 11 is 7.16. The Hall–Kier alpha value is -3.88. The third kappa shape index (κ3) is 5.98. The zero-order valence-corrected chi connectivity index (χ0v) is 20.3. The zero-order chi connectivity index (χ0) is 24.6. The molecule has 0 saturated carbocycles. The number of thioether (sulfide) groups is 1. The van der Waals surface area contributed by atoms with Crippen molar-refractivity contribution in [3.05, 3.63) is 99.8 Å². The van der Waals surface area contributed by atoms with E-state index in [0.717, 1.165) is 23.1 Å². The number of para-hydroxylation sites is 2. The molecule has 0 saturated heterocycles. The van der Waals surface area contributed by atoms with Crippen molar-refractivity contribution in [3.8, 4) is 11.4 Å². The molecule has 0 aliphatic rings. The third-order valence-electron chi connectivity index (χ3n) is 4.93. The summed E-state index contributed by atoms with van der Waals surface area (Å²) in [5.74, 6) is 0.431. The number of carbonyl (C=O) groups is 1. The van der Waals surface area contributed by atoms with Crippen LogP contribution in [0.25, 0.3) is 22.7 Å². The van der Waals surface area contributed by atoms with Crippen LogP contribution >= 0.6 is 23.4 Å². The van der Waals surface area contributed by atoms with Crippen LogP contribution in [0.5, 0.6) is 5.75 Å². The van der Waals surface area contributed by atoms with Crippen LogP contribution in [0.4, 0.5) is 0 Å². The molecule has 1 heterocycles. The van der Waals surface area contributed by atoms with Crippen LogP contribution in [0.2, 0.25) is 5.02 Å². The average Bonchev–Trinajstić information content (AvgIpc) is 2.88. The van der Waals surface area contributed by atoms with Gasteiger partial charge >= 0.3 is 0 Å². The maximum atomic E-state index is 13.2. The lowest BCUT2D eigenvalue weighted by Gasteiger charge is -2.13. The number of ether oxygens (including phenoxy) is 1. The third-order valence-corrected chi connectivity index (χ3v) is 6.12. The number of amides is 1. The normalized spacial score (nSPS) is 11.4. The van der Waals surface area contributed by atoms with Gasteiger partial charge in [0.2, 0.25) is 0 Å². The lowest BCUT2D eigenvalue weighted by atomic mass is 10.2. The molecule has 35 heavy (non-hydrogen) atoms. The van der Waals surface area contributed by atoms with Gasteiger partial charge in [-0.3, -0.25) is 14.2 Å². The van der Waals surface area contributed by atoms with Crippen LogP contribution in [0.15, 0.2) is 93.9 Å². The van der Waals surface area contributed by atoms with Crippen molar-refractivity contribution < 1.29 is 9.53 Å². The SMILES string of the molecule is COc1ccccc1/C=C/C=N/NC(=O)CSc1nc2ccccc2c(=O)n1-c1ccc(Cl)cc1. The number of fused-ring (bicyclic) bond motifs is 1. The molecule has 7 nitrogen and oxygen atoms in total. The standard InChI is InChI=1S/C26H21ClN4O3S/c1-34-23-11-5-2-7-18(23)8-6-16-28-30-24(32)17-35-26-29-22-10-4-3-9-21(22)25(33)31(26)20-14-12-19(27)13-15-20/h2-16H,17H2,1H3,(H,30,32)/b8-6+,28-16+. The number of halogens is 1. The number of benzene rings is 3. The molecule has 4 aromatic rings. The molecular weight excluding hydrogens is 484 g/mol. The summed E-state index contributed by atoms with van der Waals surface area (Å²) in [6.45, 7) is 0. The fourth-order valence-electron chi connectivity index (χ4n) is 3.29. The minimum atomic E-state index is -0.331. The van der Waals surface area contributed by atoms with E-state index in [-0.39, 0.29) is 17.2 Å². The smallest absolute Gasteiger partial charge is 0.266 e. The summed E-state index contributed by atoms with van der Waals surface area (Å²) in [5, 5.41) is 5.38. The van der Waals surface area contributed by atoms with Crippen molar-refractivity contribution in [2.75, 3.05) is 12.9 Å². The monoisotopic (exact) mass is 504 g/mol. The van der Waals surface area contributed by atoms with E-state index in [1.165, 1.54) is 10.8 Å². The Morgan fingerprint density at radius 1 is 1.11 bits per heavy atom. The Kier molecular flexibility index (Phi) is 7.97. The number of hydrogen-bond acceptors (Lipinski definition) is 6. The van der Waals surface area contributed by atoms with Crippen molar-refractivity contribution in [2.24, 2.45) is 5.10 Å². The molecule has 0 aliphatic carbocycles. The summed E-state index contributed by atoms with van der Waals surface area (Å²) in [6, 6.07) is 21.5. The fourth-order valence-corrected chi connectivity index (χ4v) is 4.22.